The molecule has 0 saturated heterocycles. The third-order valence-corrected chi connectivity index (χ3v) is 4.90. The fourth-order valence-electron chi connectivity index (χ4n) is 2.22. The van der Waals surface area contributed by atoms with E-state index in [4.69, 9.17) is 11.6 Å². The number of fused-ring (bicyclic) bond motifs is 1. The molecular weight excluding hydrogens is 314 g/mol. The van der Waals surface area contributed by atoms with Gasteiger partial charge in [-0.05, 0) is 47.2 Å². The van der Waals surface area contributed by atoms with Gasteiger partial charge in [-0.25, -0.2) is 4.68 Å². The molecule has 108 valence electrons. The van der Waals surface area contributed by atoms with Gasteiger partial charge in [-0.2, -0.15) is 0 Å². The molecule has 7 nitrogen and oxygen atoms in total. The van der Waals surface area contributed by atoms with Gasteiger partial charge in [-0.15, -0.1) is 5.10 Å². The van der Waals surface area contributed by atoms with E-state index in [0.717, 1.165) is 17.7 Å². The van der Waals surface area contributed by atoms with Gasteiger partial charge < -0.3 is 10.4 Å². The summed E-state index contributed by atoms with van der Waals surface area (Å²) in [5.41, 5.74) is 1.07. The molecule has 1 amide bonds. The average Bonchev–Trinajstić information content (AvgIpc) is 3.14. The van der Waals surface area contributed by atoms with Crippen molar-refractivity contribution in [1.82, 2.24) is 20.2 Å². The van der Waals surface area contributed by atoms with Gasteiger partial charge in [-0.1, -0.05) is 11.6 Å². The molecule has 2 heterocycles. The lowest BCUT2D eigenvalue weighted by Gasteiger charge is -2.07. The first kappa shape index (κ1) is 13.1. The van der Waals surface area contributed by atoms with Gasteiger partial charge in [-0.3, -0.25) is 4.79 Å². The van der Waals surface area contributed by atoms with E-state index in [2.05, 4.69) is 20.8 Å². The summed E-state index contributed by atoms with van der Waals surface area (Å²) in [7, 11) is 0. The van der Waals surface area contributed by atoms with Crippen molar-refractivity contribution in [1.29, 1.82) is 0 Å². The number of nitrogens with zero attached hydrogens (tertiary/aromatic N) is 4. The van der Waals surface area contributed by atoms with Crippen LogP contribution in [0.3, 0.4) is 0 Å². The maximum Gasteiger partial charge on any atom is 0.257 e. The summed E-state index contributed by atoms with van der Waals surface area (Å²) in [6.07, 6.45) is 1.01. The predicted octanol–water partition coefficient (Wildman–Crippen LogP) is 1.80. The largest absolute Gasteiger partial charge is 0.378 e. The number of aliphatic hydroxyl groups is 1. The molecule has 0 radical (unpaired) electrons. The SMILES string of the molecule is O=C1Nc2cc(Sc3nnnn3C3CC3)c(Cl)cc2C1O. The first-order valence-corrected chi connectivity index (χ1v) is 7.61. The molecule has 1 fully saturated rings. The van der Waals surface area contributed by atoms with Crippen molar-refractivity contribution in [2.75, 3.05) is 5.32 Å². The lowest BCUT2D eigenvalue weighted by atomic mass is 10.1. The molecule has 1 aromatic heterocycles. The van der Waals surface area contributed by atoms with Crippen molar-refractivity contribution >= 4 is 35.0 Å². The number of rotatable bonds is 3. The molecule has 21 heavy (non-hydrogen) atoms. The van der Waals surface area contributed by atoms with Gasteiger partial charge in [0.15, 0.2) is 6.10 Å². The van der Waals surface area contributed by atoms with Crippen LogP contribution in [0.4, 0.5) is 5.69 Å². The van der Waals surface area contributed by atoms with Crippen LogP contribution in [-0.4, -0.2) is 31.2 Å². The Hall–Kier alpha value is -1.64. The van der Waals surface area contributed by atoms with Crippen LogP contribution in [0.2, 0.25) is 5.02 Å². The number of anilines is 1. The van der Waals surface area contributed by atoms with Gasteiger partial charge in [0, 0.05) is 16.1 Å². The lowest BCUT2D eigenvalue weighted by Crippen LogP contribution is -2.10. The third kappa shape index (κ3) is 2.19. The maximum atomic E-state index is 11.5. The highest BCUT2D eigenvalue weighted by Crippen LogP contribution is 2.42. The normalized spacial score (nSPS) is 20.5. The number of carbonyl (C=O) groups is 1. The van der Waals surface area contributed by atoms with Crippen molar-refractivity contribution < 1.29 is 9.90 Å². The summed E-state index contributed by atoms with van der Waals surface area (Å²) in [4.78, 5) is 12.2. The first-order valence-electron chi connectivity index (χ1n) is 6.41. The Bertz CT molecular complexity index is 745. The number of amides is 1. The van der Waals surface area contributed by atoms with E-state index in [1.807, 2.05) is 0 Å². The van der Waals surface area contributed by atoms with Crippen molar-refractivity contribution in [3.63, 3.8) is 0 Å². The molecule has 0 bridgehead atoms. The Balaban J connectivity index is 1.68. The zero-order valence-electron chi connectivity index (χ0n) is 10.7. The Morgan fingerprint density at radius 1 is 1.43 bits per heavy atom. The van der Waals surface area contributed by atoms with Crippen LogP contribution in [0.1, 0.15) is 30.6 Å². The van der Waals surface area contributed by atoms with Crippen LogP contribution in [0, 0.1) is 0 Å². The summed E-state index contributed by atoms with van der Waals surface area (Å²) in [6, 6.07) is 3.72. The number of halogens is 1. The maximum absolute atomic E-state index is 11.5. The van der Waals surface area contributed by atoms with Gasteiger partial charge in [0.1, 0.15) is 0 Å². The van der Waals surface area contributed by atoms with Crippen molar-refractivity contribution in [2.24, 2.45) is 0 Å². The van der Waals surface area contributed by atoms with E-state index in [1.54, 1.807) is 16.8 Å². The first-order chi connectivity index (χ1) is 10.1. The number of carbonyl (C=O) groups excluding carboxylic acids is 1. The number of tetrazole rings is 1. The quantitative estimate of drug-likeness (QED) is 0.894. The van der Waals surface area contributed by atoms with Gasteiger partial charge in [0.25, 0.3) is 5.91 Å². The fraction of sp³-hybridized carbons (Fsp3) is 0.333. The van der Waals surface area contributed by atoms with Crippen LogP contribution in [0.5, 0.6) is 0 Å². The monoisotopic (exact) mass is 323 g/mol. The Morgan fingerprint density at radius 2 is 2.24 bits per heavy atom. The molecule has 2 aromatic rings. The van der Waals surface area contributed by atoms with Gasteiger partial charge in [0.05, 0.1) is 11.1 Å². The van der Waals surface area contributed by atoms with E-state index < -0.39 is 12.0 Å². The minimum absolute atomic E-state index is 0.372. The molecule has 4 rings (SSSR count). The van der Waals surface area contributed by atoms with Crippen LogP contribution in [-0.2, 0) is 4.79 Å². The van der Waals surface area contributed by atoms with Crippen molar-refractivity contribution in [2.45, 2.75) is 35.0 Å². The van der Waals surface area contributed by atoms with E-state index in [-0.39, 0.29) is 0 Å². The molecule has 9 heteroatoms. The number of nitrogens with one attached hydrogen (secondary N) is 1. The van der Waals surface area contributed by atoms with Crippen LogP contribution in [0.15, 0.2) is 22.2 Å². The number of benzene rings is 1. The van der Waals surface area contributed by atoms with E-state index in [0.29, 0.717) is 27.5 Å². The van der Waals surface area contributed by atoms with Crippen molar-refractivity contribution in [3.05, 3.63) is 22.7 Å². The fourth-order valence-corrected chi connectivity index (χ4v) is 3.40. The molecule has 1 aliphatic heterocycles. The van der Waals surface area contributed by atoms with E-state index >= 15 is 0 Å². The molecule has 1 unspecified atom stereocenters. The summed E-state index contributed by atoms with van der Waals surface area (Å²) in [5.74, 6) is -0.439. The highest BCUT2D eigenvalue weighted by molar-refractivity contribution is 7.99. The van der Waals surface area contributed by atoms with E-state index in [1.165, 1.54) is 11.8 Å². The molecule has 1 aliphatic carbocycles. The Kier molecular flexibility index (Phi) is 2.91. The molecule has 0 spiro atoms. The number of aromatic nitrogens is 4. The van der Waals surface area contributed by atoms with Gasteiger partial charge >= 0.3 is 0 Å². The Labute approximate surface area is 128 Å². The minimum atomic E-state index is -1.16. The highest BCUT2D eigenvalue weighted by Gasteiger charge is 2.31. The molecule has 2 aliphatic rings. The summed E-state index contributed by atoms with van der Waals surface area (Å²) >= 11 is 7.58. The minimum Gasteiger partial charge on any atom is -0.378 e. The molecule has 1 saturated carbocycles. The average molecular weight is 324 g/mol. The predicted molar refractivity (Wildman–Crippen MR) is 75.3 cm³/mol. The standard InChI is InChI=1S/C12H10ClN5O2S/c13-7-3-6-8(14-11(20)10(6)19)4-9(7)21-12-15-16-17-18(12)5-1-2-5/h3-5,10,19H,1-2H2,(H,14,20). The van der Waals surface area contributed by atoms with E-state index in [9.17, 15) is 9.90 Å². The third-order valence-electron chi connectivity index (χ3n) is 3.46. The molecular formula is C12H10ClN5O2S. The highest BCUT2D eigenvalue weighted by atomic mass is 35.5. The molecule has 2 N–H and O–H groups in total. The van der Waals surface area contributed by atoms with Crippen LogP contribution < -0.4 is 5.32 Å². The van der Waals surface area contributed by atoms with Crippen LogP contribution >= 0.6 is 23.4 Å². The number of hydrogen-bond donors (Lipinski definition) is 2. The van der Waals surface area contributed by atoms with Crippen molar-refractivity contribution in [3.8, 4) is 0 Å². The number of aliphatic hydroxyl groups excluding tert-OH is 1. The van der Waals surface area contributed by atoms with Gasteiger partial charge in [0.2, 0.25) is 5.16 Å². The summed E-state index contributed by atoms with van der Waals surface area (Å²) in [5, 5.41) is 25.2. The van der Waals surface area contributed by atoms with Crippen LogP contribution in [0.25, 0.3) is 0 Å². The second-order valence-corrected chi connectivity index (χ2v) is 6.42. The second-order valence-electron chi connectivity index (χ2n) is 5.00. The smallest absolute Gasteiger partial charge is 0.257 e. The topological polar surface area (TPSA) is 92.9 Å². The zero-order valence-corrected chi connectivity index (χ0v) is 12.2. The summed E-state index contributed by atoms with van der Waals surface area (Å²) < 4.78 is 1.79. The number of hydrogen-bond acceptors (Lipinski definition) is 6. The summed E-state index contributed by atoms with van der Waals surface area (Å²) in [6.45, 7) is 0. The lowest BCUT2D eigenvalue weighted by molar-refractivity contribution is -0.123. The Morgan fingerprint density at radius 3 is 3.00 bits per heavy atom. The molecule has 1 aromatic carbocycles. The molecule has 1 atom stereocenters. The second kappa shape index (κ2) is 4.69. The zero-order chi connectivity index (χ0) is 14.6.